The van der Waals surface area contributed by atoms with Gasteiger partial charge in [0.25, 0.3) is 0 Å². The SMILES string of the molecule is Cc1ccc(F)c2c1NC(C(=O)NC1NCC(C3CCN(C)CC3)N1)C2. The summed E-state index contributed by atoms with van der Waals surface area (Å²) in [5.74, 6) is 0.299. The number of anilines is 1. The molecule has 0 aromatic heterocycles. The smallest absolute Gasteiger partial charge is 0.245 e. The fourth-order valence-electron chi connectivity index (χ4n) is 4.37. The van der Waals surface area contributed by atoms with E-state index in [0.29, 0.717) is 23.9 Å². The van der Waals surface area contributed by atoms with E-state index in [-0.39, 0.29) is 18.0 Å². The minimum Gasteiger partial charge on any atom is -0.373 e. The molecule has 0 aliphatic carbocycles. The summed E-state index contributed by atoms with van der Waals surface area (Å²) in [5.41, 5.74) is 2.35. The van der Waals surface area contributed by atoms with Crippen molar-refractivity contribution < 1.29 is 9.18 Å². The topological polar surface area (TPSA) is 68.4 Å². The lowest BCUT2D eigenvalue weighted by Crippen LogP contribution is -2.53. The van der Waals surface area contributed by atoms with Crippen molar-refractivity contribution >= 4 is 11.6 Å². The highest BCUT2D eigenvalue weighted by Gasteiger charge is 2.35. The van der Waals surface area contributed by atoms with Crippen LogP contribution in [0.25, 0.3) is 0 Å². The largest absolute Gasteiger partial charge is 0.373 e. The molecule has 0 bridgehead atoms. The first kappa shape index (κ1) is 17.7. The molecule has 3 aliphatic rings. The van der Waals surface area contributed by atoms with Gasteiger partial charge in [0.2, 0.25) is 5.91 Å². The predicted molar refractivity (Wildman–Crippen MR) is 99.3 cm³/mol. The van der Waals surface area contributed by atoms with Crippen LogP contribution >= 0.6 is 0 Å². The third-order valence-electron chi connectivity index (χ3n) is 6.05. The molecule has 0 saturated carbocycles. The maximum absolute atomic E-state index is 14.0. The van der Waals surface area contributed by atoms with E-state index in [1.54, 1.807) is 6.07 Å². The molecule has 4 rings (SSSR count). The number of carbonyl (C=O) groups excluding carboxylic acids is 1. The molecule has 142 valence electrons. The molecule has 0 radical (unpaired) electrons. The first-order valence-electron chi connectivity index (χ1n) is 9.54. The lowest BCUT2D eigenvalue weighted by molar-refractivity contribution is -0.122. The van der Waals surface area contributed by atoms with Crippen molar-refractivity contribution in [3.8, 4) is 0 Å². The molecule has 7 heteroatoms. The second-order valence-corrected chi connectivity index (χ2v) is 7.88. The molecular weight excluding hydrogens is 333 g/mol. The van der Waals surface area contributed by atoms with Gasteiger partial charge in [0.15, 0.2) is 0 Å². The van der Waals surface area contributed by atoms with Crippen LogP contribution in [0.2, 0.25) is 0 Å². The molecule has 4 N–H and O–H groups in total. The Balaban J connectivity index is 1.31. The number of nitrogens with zero attached hydrogens (tertiary/aromatic N) is 1. The number of carbonyl (C=O) groups is 1. The lowest BCUT2D eigenvalue weighted by Gasteiger charge is -2.32. The number of nitrogens with one attached hydrogen (secondary N) is 4. The molecule has 1 amide bonds. The van der Waals surface area contributed by atoms with E-state index >= 15 is 0 Å². The van der Waals surface area contributed by atoms with E-state index in [2.05, 4.69) is 33.2 Å². The van der Waals surface area contributed by atoms with Crippen molar-refractivity contribution in [1.82, 2.24) is 20.9 Å². The minimum atomic E-state index is -0.424. The van der Waals surface area contributed by atoms with Crippen molar-refractivity contribution in [3.05, 3.63) is 29.1 Å². The molecule has 1 aromatic rings. The summed E-state index contributed by atoms with van der Waals surface area (Å²) in [6.07, 6.45) is 2.55. The van der Waals surface area contributed by atoms with Gasteiger partial charge in [-0.15, -0.1) is 0 Å². The maximum atomic E-state index is 14.0. The second kappa shape index (κ2) is 7.13. The monoisotopic (exact) mass is 361 g/mol. The van der Waals surface area contributed by atoms with Crippen LogP contribution < -0.4 is 21.3 Å². The van der Waals surface area contributed by atoms with E-state index in [1.807, 2.05) is 6.92 Å². The summed E-state index contributed by atoms with van der Waals surface area (Å²) in [4.78, 5) is 15.0. The zero-order valence-corrected chi connectivity index (χ0v) is 15.4. The molecular formula is C19H28FN5O. The fraction of sp³-hybridized carbons (Fsp3) is 0.632. The van der Waals surface area contributed by atoms with Crippen LogP contribution in [0.15, 0.2) is 12.1 Å². The Hall–Kier alpha value is -1.70. The highest BCUT2D eigenvalue weighted by molar-refractivity contribution is 5.88. The first-order valence-corrected chi connectivity index (χ1v) is 9.54. The summed E-state index contributed by atoms with van der Waals surface area (Å²) in [6, 6.07) is 3.19. The zero-order chi connectivity index (χ0) is 18.3. The number of halogens is 1. The van der Waals surface area contributed by atoms with E-state index in [4.69, 9.17) is 0 Å². The molecule has 26 heavy (non-hydrogen) atoms. The lowest BCUT2D eigenvalue weighted by atomic mass is 9.90. The van der Waals surface area contributed by atoms with Gasteiger partial charge in [-0.3, -0.25) is 15.4 Å². The third kappa shape index (κ3) is 3.43. The Labute approximate surface area is 153 Å². The summed E-state index contributed by atoms with van der Waals surface area (Å²) >= 11 is 0. The summed E-state index contributed by atoms with van der Waals surface area (Å²) < 4.78 is 14.0. The number of amides is 1. The number of likely N-dealkylation sites (tertiary alicyclic amines) is 1. The number of aryl methyl sites for hydroxylation is 1. The summed E-state index contributed by atoms with van der Waals surface area (Å²) in [5, 5.41) is 13.1. The van der Waals surface area contributed by atoms with Gasteiger partial charge in [-0.25, -0.2) is 4.39 Å². The fourth-order valence-corrected chi connectivity index (χ4v) is 4.37. The van der Waals surface area contributed by atoms with E-state index in [0.717, 1.165) is 30.9 Å². The van der Waals surface area contributed by atoms with Crippen molar-refractivity contribution in [1.29, 1.82) is 0 Å². The molecule has 3 atom stereocenters. The second-order valence-electron chi connectivity index (χ2n) is 7.88. The van der Waals surface area contributed by atoms with Crippen LogP contribution in [0.1, 0.15) is 24.0 Å². The molecule has 3 heterocycles. The zero-order valence-electron chi connectivity index (χ0n) is 15.4. The van der Waals surface area contributed by atoms with Gasteiger partial charge >= 0.3 is 0 Å². The molecule has 6 nitrogen and oxygen atoms in total. The normalized spacial score (nSPS) is 29.4. The average molecular weight is 361 g/mol. The minimum absolute atomic E-state index is 0.103. The van der Waals surface area contributed by atoms with E-state index in [9.17, 15) is 9.18 Å². The molecule has 0 spiro atoms. The summed E-state index contributed by atoms with van der Waals surface area (Å²) in [6.45, 7) is 5.06. The van der Waals surface area contributed by atoms with Crippen molar-refractivity contribution in [2.45, 2.75) is 44.6 Å². The molecule has 3 aliphatic heterocycles. The van der Waals surface area contributed by atoms with Gasteiger partial charge in [0.05, 0.1) is 0 Å². The van der Waals surface area contributed by atoms with Crippen molar-refractivity contribution in [2.24, 2.45) is 5.92 Å². The Morgan fingerprint density at radius 3 is 2.81 bits per heavy atom. The quantitative estimate of drug-likeness (QED) is 0.641. The van der Waals surface area contributed by atoms with Crippen LogP contribution in [-0.2, 0) is 11.2 Å². The van der Waals surface area contributed by atoms with Gasteiger partial charge in [0, 0.05) is 30.3 Å². The number of hydrogen-bond acceptors (Lipinski definition) is 5. The van der Waals surface area contributed by atoms with Gasteiger partial charge in [0.1, 0.15) is 18.1 Å². The number of benzene rings is 1. The van der Waals surface area contributed by atoms with Gasteiger partial charge < -0.3 is 15.5 Å². The van der Waals surface area contributed by atoms with Crippen molar-refractivity contribution in [2.75, 3.05) is 32.0 Å². The van der Waals surface area contributed by atoms with Gasteiger partial charge in [-0.05, 0) is 57.5 Å². The van der Waals surface area contributed by atoms with Crippen LogP contribution in [0.4, 0.5) is 10.1 Å². The average Bonchev–Trinajstić information content (AvgIpc) is 3.27. The third-order valence-corrected chi connectivity index (χ3v) is 6.05. The molecule has 3 unspecified atom stereocenters. The number of fused-ring (bicyclic) bond motifs is 1. The highest BCUT2D eigenvalue weighted by Crippen LogP contribution is 2.31. The number of hydrogen-bond donors (Lipinski definition) is 4. The van der Waals surface area contributed by atoms with Gasteiger partial charge in [-0.1, -0.05) is 6.07 Å². The molecule has 1 aromatic carbocycles. The van der Waals surface area contributed by atoms with Crippen LogP contribution in [0.3, 0.4) is 0 Å². The maximum Gasteiger partial charge on any atom is 0.245 e. The van der Waals surface area contributed by atoms with Crippen LogP contribution in [-0.4, -0.2) is 55.9 Å². The molecule has 2 saturated heterocycles. The van der Waals surface area contributed by atoms with Gasteiger partial charge in [-0.2, -0.15) is 0 Å². The Kier molecular flexibility index (Phi) is 4.86. The Morgan fingerprint density at radius 2 is 2.08 bits per heavy atom. The predicted octanol–water partition coefficient (Wildman–Crippen LogP) is 0.774. The number of piperidine rings is 1. The van der Waals surface area contributed by atoms with Crippen LogP contribution in [0.5, 0.6) is 0 Å². The van der Waals surface area contributed by atoms with E-state index < -0.39 is 6.04 Å². The Morgan fingerprint density at radius 1 is 1.31 bits per heavy atom. The Bertz CT molecular complexity index is 658. The van der Waals surface area contributed by atoms with Crippen LogP contribution in [0, 0.1) is 18.7 Å². The molecule has 2 fully saturated rings. The van der Waals surface area contributed by atoms with Crippen molar-refractivity contribution in [3.63, 3.8) is 0 Å². The van der Waals surface area contributed by atoms with E-state index in [1.165, 1.54) is 18.9 Å². The first-order chi connectivity index (χ1) is 12.5. The highest BCUT2D eigenvalue weighted by atomic mass is 19.1. The number of rotatable bonds is 3. The standard InChI is InChI=1S/C19H28FN5O/c1-11-3-4-14(20)13-9-15(22-17(11)13)18(26)24-19-21-10-16(23-19)12-5-7-25(2)8-6-12/h3-4,12,15-16,19,21-23H,5-10H2,1-2H3,(H,24,26). The summed E-state index contributed by atoms with van der Waals surface area (Å²) in [7, 11) is 2.16.